The molecule has 1 aromatic carbocycles. The maximum absolute atomic E-state index is 12.5. The molecule has 0 radical (unpaired) electrons. The number of hydrogen-bond donors (Lipinski definition) is 2. The van der Waals surface area contributed by atoms with Crippen LogP contribution >= 0.6 is 0 Å². The van der Waals surface area contributed by atoms with Crippen molar-refractivity contribution in [1.82, 2.24) is 5.32 Å². The van der Waals surface area contributed by atoms with E-state index in [4.69, 9.17) is 5.73 Å². The fourth-order valence-electron chi connectivity index (χ4n) is 2.22. The van der Waals surface area contributed by atoms with E-state index in [2.05, 4.69) is 5.32 Å². The van der Waals surface area contributed by atoms with Gasteiger partial charge in [-0.25, -0.2) is 0 Å². The van der Waals surface area contributed by atoms with Crippen LogP contribution in [-0.4, -0.2) is 22.9 Å². The first-order chi connectivity index (χ1) is 10.4. The molecule has 1 amide bonds. The topological polar surface area (TPSA) is 98.3 Å². The van der Waals surface area contributed by atoms with E-state index in [-0.39, 0.29) is 28.5 Å². The van der Waals surface area contributed by atoms with Crippen molar-refractivity contribution in [2.75, 3.05) is 6.54 Å². The Labute approximate surface area is 137 Å². The summed E-state index contributed by atoms with van der Waals surface area (Å²) >= 11 is 0. The van der Waals surface area contributed by atoms with Crippen LogP contribution < -0.4 is 11.1 Å². The Bertz CT molecular complexity index is 606. The van der Waals surface area contributed by atoms with E-state index in [1.807, 2.05) is 41.5 Å². The molecule has 0 fully saturated rings. The first-order valence-corrected chi connectivity index (χ1v) is 7.74. The van der Waals surface area contributed by atoms with Gasteiger partial charge in [0.25, 0.3) is 11.6 Å². The van der Waals surface area contributed by atoms with Gasteiger partial charge in [-0.15, -0.1) is 0 Å². The van der Waals surface area contributed by atoms with Gasteiger partial charge in [-0.3, -0.25) is 14.9 Å². The van der Waals surface area contributed by atoms with Crippen LogP contribution in [0.2, 0.25) is 0 Å². The molecular weight excluding hydrogens is 294 g/mol. The Morgan fingerprint density at radius 3 is 2.26 bits per heavy atom. The summed E-state index contributed by atoms with van der Waals surface area (Å²) in [6.45, 7) is 11.8. The average molecular weight is 321 g/mol. The predicted octanol–water partition coefficient (Wildman–Crippen LogP) is 3.00. The Kier molecular flexibility index (Phi) is 5.53. The SMILES string of the molecule is CC(C)C(C)(CN)NC(=O)c1ccc(C(C)(C)C)c([N+](=O)[O-])c1. The monoisotopic (exact) mass is 321 g/mol. The largest absolute Gasteiger partial charge is 0.345 e. The van der Waals surface area contributed by atoms with Crippen LogP contribution in [0.5, 0.6) is 0 Å². The Morgan fingerprint density at radius 1 is 1.30 bits per heavy atom. The zero-order chi connectivity index (χ0) is 18.0. The number of nitrogens with two attached hydrogens (primary N) is 1. The Hall–Kier alpha value is -1.95. The highest BCUT2D eigenvalue weighted by molar-refractivity contribution is 5.95. The number of nitro benzene ring substituents is 1. The predicted molar refractivity (Wildman–Crippen MR) is 91.6 cm³/mol. The molecule has 23 heavy (non-hydrogen) atoms. The van der Waals surface area contributed by atoms with Crippen molar-refractivity contribution in [1.29, 1.82) is 0 Å². The molecule has 3 N–H and O–H groups in total. The molecule has 0 saturated heterocycles. The number of benzene rings is 1. The zero-order valence-corrected chi connectivity index (χ0v) is 14.8. The average Bonchev–Trinajstić information content (AvgIpc) is 2.45. The van der Waals surface area contributed by atoms with E-state index in [0.29, 0.717) is 12.1 Å². The number of nitrogens with zero attached hydrogens (tertiary/aromatic N) is 1. The molecule has 1 unspecified atom stereocenters. The van der Waals surface area contributed by atoms with E-state index in [0.717, 1.165) is 0 Å². The van der Waals surface area contributed by atoms with E-state index in [1.165, 1.54) is 6.07 Å². The lowest BCUT2D eigenvalue weighted by Crippen LogP contribution is -2.55. The van der Waals surface area contributed by atoms with E-state index in [1.54, 1.807) is 12.1 Å². The lowest BCUT2D eigenvalue weighted by Gasteiger charge is -2.33. The third kappa shape index (κ3) is 4.28. The molecule has 0 heterocycles. The third-order valence-corrected chi connectivity index (χ3v) is 4.36. The summed E-state index contributed by atoms with van der Waals surface area (Å²) in [6, 6.07) is 4.62. The summed E-state index contributed by atoms with van der Waals surface area (Å²) in [5, 5.41) is 14.2. The second-order valence-corrected chi connectivity index (χ2v) is 7.47. The quantitative estimate of drug-likeness (QED) is 0.643. The molecule has 0 aliphatic heterocycles. The number of hydrogen-bond acceptors (Lipinski definition) is 4. The molecule has 1 rings (SSSR count). The van der Waals surface area contributed by atoms with Gasteiger partial charge in [0.2, 0.25) is 0 Å². The van der Waals surface area contributed by atoms with Gasteiger partial charge in [0.1, 0.15) is 0 Å². The Morgan fingerprint density at radius 2 is 1.87 bits per heavy atom. The van der Waals surface area contributed by atoms with Gasteiger partial charge in [0.15, 0.2) is 0 Å². The highest BCUT2D eigenvalue weighted by Gasteiger charge is 2.30. The summed E-state index contributed by atoms with van der Waals surface area (Å²) < 4.78 is 0. The standard InChI is InChI=1S/C17H27N3O3/c1-11(2)17(6,10-18)19-15(21)12-7-8-13(16(3,4)5)14(9-12)20(22)23/h7-9,11H,10,18H2,1-6H3,(H,19,21). The minimum atomic E-state index is -0.561. The summed E-state index contributed by atoms with van der Waals surface area (Å²) in [5.74, 6) is -0.213. The van der Waals surface area contributed by atoms with Crippen molar-refractivity contribution in [3.05, 3.63) is 39.4 Å². The summed E-state index contributed by atoms with van der Waals surface area (Å²) in [4.78, 5) is 23.4. The number of nitro groups is 1. The van der Waals surface area contributed by atoms with Crippen molar-refractivity contribution in [2.24, 2.45) is 11.7 Å². The summed E-state index contributed by atoms with van der Waals surface area (Å²) in [7, 11) is 0. The minimum Gasteiger partial charge on any atom is -0.345 e. The van der Waals surface area contributed by atoms with E-state index >= 15 is 0 Å². The molecule has 0 spiro atoms. The maximum atomic E-state index is 12.5. The minimum absolute atomic E-state index is 0.0378. The molecule has 128 valence electrons. The van der Waals surface area contributed by atoms with Crippen molar-refractivity contribution in [3.8, 4) is 0 Å². The van der Waals surface area contributed by atoms with Crippen LogP contribution in [0.4, 0.5) is 5.69 Å². The van der Waals surface area contributed by atoms with Crippen LogP contribution in [0.3, 0.4) is 0 Å². The third-order valence-electron chi connectivity index (χ3n) is 4.36. The molecule has 0 bridgehead atoms. The number of nitrogens with one attached hydrogen (secondary N) is 1. The van der Waals surface area contributed by atoms with Gasteiger partial charge in [0.05, 0.1) is 10.5 Å². The Balaban J connectivity index is 3.22. The van der Waals surface area contributed by atoms with Crippen LogP contribution in [0, 0.1) is 16.0 Å². The summed E-state index contributed by atoms with van der Waals surface area (Å²) in [6.07, 6.45) is 0. The number of carbonyl (C=O) groups is 1. The first kappa shape index (κ1) is 19.1. The van der Waals surface area contributed by atoms with E-state index < -0.39 is 10.5 Å². The molecule has 1 aromatic rings. The molecule has 0 aliphatic carbocycles. The second-order valence-electron chi connectivity index (χ2n) is 7.47. The van der Waals surface area contributed by atoms with Crippen molar-refractivity contribution < 1.29 is 9.72 Å². The molecule has 0 aromatic heterocycles. The van der Waals surface area contributed by atoms with Gasteiger partial charge >= 0.3 is 0 Å². The zero-order valence-electron chi connectivity index (χ0n) is 14.8. The molecule has 0 saturated carbocycles. The highest BCUT2D eigenvalue weighted by Crippen LogP contribution is 2.32. The lowest BCUT2D eigenvalue weighted by atomic mass is 9.85. The molecule has 6 heteroatoms. The van der Waals surface area contributed by atoms with Crippen LogP contribution in [-0.2, 0) is 5.41 Å². The van der Waals surface area contributed by atoms with Crippen LogP contribution in [0.15, 0.2) is 18.2 Å². The molecular formula is C17H27N3O3. The fraction of sp³-hybridized carbons (Fsp3) is 0.588. The lowest BCUT2D eigenvalue weighted by molar-refractivity contribution is -0.386. The van der Waals surface area contributed by atoms with Gasteiger partial charge in [-0.2, -0.15) is 0 Å². The highest BCUT2D eigenvalue weighted by atomic mass is 16.6. The van der Waals surface area contributed by atoms with Crippen LogP contribution in [0.25, 0.3) is 0 Å². The van der Waals surface area contributed by atoms with Gasteiger partial charge in [-0.05, 0) is 24.3 Å². The number of rotatable bonds is 5. The maximum Gasteiger partial charge on any atom is 0.273 e. The van der Waals surface area contributed by atoms with Crippen molar-refractivity contribution in [3.63, 3.8) is 0 Å². The molecule has 0 aliphatic rings. The van der Waals surface area contributed by atoms with Gasteiger partial charge in [0, 0.05) is 23.7 Å². The molecule has 6 nitrogen and oxygen atoms in total. The summed E-state index contributed by atoms with van der Waals surface area (Å²) in [5.41, 5.74) is 5.67. The fourth-order valence-corrected chi connectivity index (χ4v) is 2.22. The smallest absolute Gasteiger partial charge is 0.273 e. The first-order valence-electron chi connectivity index (χ1n) is 7.74. The normalized spacial score (nSPS) is 14.4. The molecule has 1 atom stereocenters. The van der Waals surface area contributed by atoms with E-state index in [9.17, 15) is 14.9 Å². The van der Waals surface area contributed by atoms with Gasteiger partial charge < -0.3 is 11.1 Å². The second kappa shape index (κ2) is 6.66. The number of amides is 1. The van der Waals surface area contributed by atoms with Crippen molar-refractivity contribution in [2.45, 2.75) is 52.5 Å². The number of carbonyl (C=O) groups excluding carboxylic acids is 1. The van der Waals surface area contributed by atoms with Crippen LogP contribution in [0.1, 0.15) is 57.5 Å². The van der Waals surface area contributed by atoms with Crippen molar-refractivity contribution >= 4 is 11.6 Å². The van der Waals surface area contributed by atoms with Gasteiger partial charge in [-0.1, -0.05) is 40.7 Å².